The maximum atomic E-state index is 14.9. The molecule has 7 heteroatoms. The molecule has 2 aromatic carbocycles. The summed E-state index contributed by atoms with van der Waals surface area (Å²) in [5, 5.41) is 14.5. The van der Waals surface area contributed by atoms with Crippen LogP contribution in [0, 0.1) is 5.82 Å². The summed E-state index contributed by atoms with van der Waals surface area (Å²) in [4.78, 5) is 4.32. The fraction of sp³-hybridized carbons (Fsp3) is 0.318. The van der Waals surface area contributed by atoms with Crippen LogP contribution in [0.4, 0.5) is 10.1 Å². The second-order valence-electron chi connectivity index (χ2n) is 7.47. The lowest BCUT2D eigenvalue weighted by atomic mass is 9.91. The first-order chi connectivity index (χ1) is 14.0. The summed E-state index contributed by atoms with van der Waals surface area (Å²) in [6.07, 6.45) is 5.67. The molecule has 1 fully saturated rings. The Morgan fingerprint density at radius 2 is 1.97 bits per heavy atom. The molecule has 0 aliphatic heterocycles. The molecule has 1 aromatic heterocycles. The van der Waals surface area contributed by atoms with Crippen LogP contribution >= 0.6 is 11.6 Å². The Bertz CT molecular complexity index is 1050. The van der Waals surface area contributed by atoms with Gasteiger partial charge in [-0.3, -0.25) is 4.98 Å². The van der Waals surface area contributed by atoms with Gasteiger partial charge in [0.15, 0.2) is 11.5 Å². The summed E-state index contributed by atoms with van der Waals surface area (Å²) in [6, 6.07) is 8.78. The first-order valence-electron chi connectivity index (χ1n) is 9.63. The van der Waals surface area contributed by atoms with Crippen molar-refractivity contribution in [2.24, 2.45) is 5.73 Å². The molecule has 4 rings (SSSR count). The molecule has 0 amide bonds. The molecule has 1 heterocycles. The minimum Gasteiger partial charge on any atom is -0.503 e. The molecule has 0 bridgehead atoms. The van der Waals surface area contributed by atoms with Crippen molar-refractivity contribution < 1.29 is 14.2 Å². The molecular weight excluding hydrogens is 393 g/mol. The zero-order valence-electron chi connectivity index (χ0n) is 16.1. The third-order valence-corrected chi connectivity index (χ3v) is 5.81. The summed E-state index contributed by atoms with van der Waals surface area (Å²) in [6.45, 7) is 0. The normalized spacial score (nSPS) is 19.3. The van der Waals surface area contributed by atoms with Crippen molar-refractivity contribution in [3.05, 3.63) is 47.4 Å². The number of phenols is 1. The van der Waals surface area contributed by atoms with Crippen molar-refractivity contribution in [2.45, 2.75) is 37.8 Å². The zero-order chi connectivity index (χ0) is 20.5. The standard InChI is InChI=1S/C22H23ClFN3O2/c1-29-21-9-12(8-17(23)22(21)28)15-10-16-19(6-7-26-20(16)11-18(15)24)27-14-4-2-13(25)3-5-14/h6-11,13-14,28H,2-5,25H2,1H3,(H,26,27). The maximum absolute atomic E-state index is 14.9. The van der Waals surface area contributed by atoms with Crippen LogP contribution in [0.5, 0.6) is 11.5 Å². The molecule has 0 radical (unpaired) electrons. The van der Waals surface area contributed by atoms with Crippen LogP contribution in [0.1, 0.15) is 25.7 Å². The number of fused-ring (bicyclic) bond motifs is 1. The van der Waals surface area contributed by atoms with E-state index in [1.165, 1.54) is 19.2 Å². The molecule has 0 atom stereocenters. The van der Waals surface area contributed by atoms with Crippen LogP contribution in [0.3, 0.4) is 0 Å². The van der Waals surface area contributed by atoms with Gasteiger partial charge < -0.3 is 20.9 Å². The van der Waals surface area contributed by atoms with Crippen molar-refractivity contribution >= 4 is 28.2 Å². The number of ether oxygens (including phenoxy) is 1. The lowest BCUT2D eigenvalue weighted by molar-refractivity contribution is 0.374. The van der Waals surface area contributed by atoms with Crippen molar-refractivity contribution in [1.29, 1.82) is 0 Å². The molecular formula is C22H23ClFN3O2. The molecule has 1 aliphatic carbocycles. The summed E-state index contributed by atoms with van der Waals surface area (Å²) in [5.41, 5.74) is 8.37. The van der Waals surface area contributed by atoms with Gasteiger partial charge >= 0.3 is 0 Å². The zero-order valence-corrected chi connectivity index (χ0v) is 16.8. The van der Waals surface area contributed by atoms with Gasteiger partial charge in [0.25, 0.3) is 0 Å². The Morgan fingerprint density at radius 1 is 1.21 bits per heavy atom. The number of nitrogens with zero attached hydrogens (tertiary/aromatic N) is 1. The predicted octanol–water partition coefficient (Wildman–Crippen LogP) is 5.09. The van der Waals surface area contributed by atoms with E-state index in [-0.39, 0.29) is 22.6 Å². The summed E-state index contributed by atoms with van der Waals surface area (Å²) < 4.78 is 20.0. The number of benzene rings is 2. The Labute approximate surface area is 173 Å². The Balaban J connectivity index is 1.77. The smallest absolute Gasteiger partial charge is 0.176 e. The number of phenolic OH excluding ortho intramolecular Hbond substituents is 1. The van der Waals surface area contributed by atoms with E-state index >= 15 is 0 Å². The van der Waals surface area contributed by atoms with E-state index in [9.17, 15) is 9.50 Å². The topological polar surface area (TPSA) is 80.4 Å². The van der Waals surface area contributed by atoms with Crippen molar-refractivity contribution in [2.75, 3.05) is 12.4 Å². The third-order valence-electron chi connectivity index (χ3n) is 5.52. The quantitative estimate of drug-likeness (QED) is 0.553. The Morgan fingerprint density at radius 3 is 2.69 bits per heavy atom. The molecule has 1 saturated carbocycles. The summed E-state index contributed by atoms with van der Waals surface area (Å²) in [7, 11) is 1.42. The van der Waals surface area contributed by atoms with Gasteiger partial charge in [-0.2, -0.15) is 0 Å². The van der Waals surface area contributed by atoms with E-state index in [0.29, 0.717) is 22.7 Å². The van der Waals surface area contributed by atoms with E-state index in [2.05, 4.69) is 10.3 Å². The molecule has 3 aromatic rings. The average molecular weight is 416 g/mol. The van der Waals surface area contributed by atoms with Crippen LogP contribution in [-0.2, 0) is 0 Å². The Kier molecular flexibility index (Phi) is 5.48. The Hall–Kier alpha value is -2.57. The molecule has 4 N–H and O–H groups in total. The van der Waals surface area contributed by atoms with Crippen LogP contribution in [0.25, 0.3) is 22.0 Å². The number of nitrogens with two attached hydrogens (primary N) is 1. The first kappa shape index (κ1) is 19.7. The number of methoxy groups -OCH3 is 1. The highest BCUT2D eigenvalue weighted by molar-refractivity contribution is 6.32. The van der Waals surface area contributed by atoms with Gasteiger partial charge in [0.2, 0.25) is 0 Å². The number of aromatic hydroxyl groups is 1. The number of pyridine rings is 1. The van der Waals surface area contributed by atoms with Crippen LogP contribution in [0.2, 0.25) is 5.02 Å². The fourth-order valence-electron chi connectivity index (χ4n) is 3.88. The van der Waals surface area contributed by atoms with Crippen LogP contribution in [-0.4, -0.2) is 29.3 Å². The van der Waals surface area contributed by atoms with Crippen LogP contribution in [0.15, 0.2) is 36.5 Å². The fourth-order valence-corrected chi connectivity index (χ4v) is 4.09. The molecule has 29 heavy (non-hydrogen) atoms. The van der Waals surface area contributed by atoms with E-state index in [4.69, 9.17) is 22.1 Å². The molecule has 0 spiro atoms. The lowest BCUT2D eigenvalue weighted by Crippen LogP contribution is -2.32. The number of nitrogens with one attached hydrogen (secondary N) is 1. The summed E-state index contributed by atoms with van der Waals surface area (Å²) >= 11 is 6.10. The van der Waals surface area contributed by atoms with Crippen molar-refractivity contribution in [3.63, 3.8) is 0 Å². The van der Waals surface area contributed by atoms with Gasteiger partial charge in [-0.05, 0) is 55.5 Å². The SMILES string of the molecule is COc1cc(-c2cc3c(NC4CCC(N)CC4)ccnc3cc2F)cc(Cl)c1O. The van der Waals surface area contributed by atoms with Gasteiger partial charge in [0.1, 0.15) is 5.82 Å². The van der Waals surface area contributed by atoms with E-state index < -0.39 is 5.82 Å². The molecule has 152 valence electrons. The summed E-state index contributed by atoms with van der Waals surface area (Å²) in [5.74, 6) is -0.400. The largest absolute Gasteiger partial charge is 0.503 e. The van der Waals surface area contributed by atoms with Crippen LogP contribution < -0.4 is 15.8 Å². The second-order valence-corrected chi connectivity index (χ2v) is 7.88. The van der Waals surface area contributed by atoms with Crippen molar-refractivity contribution in [3.8, 4) is 22.6 Å². The van der Waals surface area contributed by atoms with Gasteiger partial charge in [-0.1, -0.05) is 11.6 Å². The first-order valence-corrected chi connectivity index (χ1v) is 10.0. The number of halogens is 2. The molecule has 0 unspecified atom stereocenters. The van der Waals surface area contributed by atoms with E-state index in [1.807, 2.05) is 6.07 Å². The number of hydrogen-bond donors (Lipinski definition) is 3. The van der Waals surface area contributed by atoms with E-state index in [1.54, 1.807) is 18.3 Å². The number of hydrogen-bond acceptors (Lipinski definition) is 5. The molecule has 1 aliphatic rings. The monoisotopic (exact) mass is 415 g/mol. The number of anilines is 1. The van der Waals surface area contributed by atoms with E-state index in [0.717, 1.165) is 36.8 Å². The minimum absolute atomic E-state index is 0.0990. The average Bonchev–Trinajstić information content (AvgIpc) is 2.71. The highest BCUT2D eigenvalue weighted by Gasteiger charge is 2.20. The number of aromatic nitrogens is 1. The van der Waals surface area contributed by atoms with Gasteiger partial charge in [-0.25, -0.2) is 4.39 Å². The third kappa shape index (κ3) is 3.95. The van der Waals surface area contributed by atoms with Gasteiger partial charge in [0, 0.05) is 41.0 Å². The van der Waals surface area contributed by atoms with Gasteiger partial charge in [0.05, 0.1) is 17.6 Å². The lowest BCUT2D eigenvalue weighted by Gasteiger charge is -2.28. The highest BCUT2D eigenvalue weighted by atomic mass is 35.5. The minimum atomic E-state index is -0.422. The molecule has 5 nitrogen and oxygen atoms in total. The second kappa shape index (κ2) is 8.05. The van der Waals surface area contributed by atoms with Crippen molar-refractivity contribution in [1.82, 2.24) is 4.98 Å². The predicted molar refractivity (Wildman–Crippen MR) is 114 cm³/mol. The number of rotatable bonds is 4. The van der Waals surface area contributed by atoms with Gasteiger partial charge in [-0.15, -0.1) is 0 Å². The molecule has 0 saturated heterocycles. The maximum Gasteiger partial charge on any atom is 0.176 e. The highest BCUT2D eigenvalue weighted by Crippen LogP contribution is 2.40.